The molecule has 0 saturated heterocycles. The van der Waals surface area contributed by atoms with Gasteiger partial charge in [-0.25, -0.2) is 0 Å². The van der Waals surface area contributed by atoms with E-state index >= 15 is 0 Å². The Bertz CT molecular complexity index is 298. The summed E-state index contributed by atoms with van der Waals surface area (Å²) in [5.41, 5.74) is -0.0455. The van der Waals surface area contributed by atoms with Crippen molar-refractivity contribution in [2.75, 3.05) is 6.61 Å². The van der Waals surface area contributed by atoms with E-state index in [-0.39, 0.29) is 11.5 Å². The molecule has 0 aromatic heterocycles. The number of Topliss-reactive ketones (excluding diaryl/α,β-unsaturated/α-hetero) is 1. The monoisotopic (exact) mass is 250 g/mol. The molecule has 18 heavy (non-hydrogen) atoms. The van der Waals surface area contributed by atoms with Crippen LogP contribution in [0.1, 0.15) is 70.6 Å². The molecule has 102 valence electrons. The molecule has 3 aliphatic carbocycles. The van der Waals surface area contributed by atoms with Gasteiger partial charge in [0.05, 0.1) is 11.5 Å². The maximum Gasteiger partial charge on any atom is 0.144 e. The van der Waals surface area contributed by atoms with Gasteiger partial charge in [-0.3, -0.25) is 4.79 Å². The van der Waals surface area contributed by atoms with Crippen LogP contribution in [0.2, 0.25) is 0 Å². The van der Waals surface area contributed by atoms with Gasteiger partial charge in [-0.05, 0) is 25.2 Å². The summed E-state index contributed by atoms with van der Waals surface area (Å²) in [5.74, 6) is 1.42. The maximum atomic E-state index is 12.1. The van der Waals surface area contributed by atoms with Gasteiger partial charge >= 0.3 is 0 Å². The van der Waals surface area contributed by atoms with Crippen molar-refractivity contribution in [1.29, 1.82) is 0 Å². The molecule has 0 N–H and O–H groups in total. The smallest absolute Gasteiger partial charge is 0.144 e. The zero-order valence-electron chi connectivity index (χ0n) is 11.5. The summed E-state index contributed by atoms with van der Waals surface area (Å²) in [7, 11) is 0. The molecular weight excluding hydrogens is 224 g/mol. The number of hydrogen-bond donors (Lipinski definition) is 0. The molecule has 3 rings (SSSR count). The summed E-state index contributed by atoms with van der Waals surface area (Å²) in [6, 6.07) is 0. The standard InChI is InChI=1S/C16H26O2/c17-14-12-15(18-11-8-13-6-5-7-13)16(14)9-3-1-2-4-10-16/h13,15H,1-12H2. The second-order valence-corrected chi connectivity index (χ2v) is 6.64. The fraction of sp³-hybridized carbons (Fsp3) is 0.938. The molecule has 3 aliphatic rings. The Morgan fingerprint density at radius 1 is 1.06 bits per heavy atom. The predicted molar refractivity (Wildman–Crippen MR) is 71.5 cm³/mol. The summed E-state index contributed by atoms with van der Waals surface area (Å²) >= 11 is 0. The molecule has 1 spiro atoms. The number of carbonyl (C=O) groups is 1. The van der Waals surface area contributed by atoms with Crippen LogP contribution in [0.4, 0.5) is 0 Å². The first kappa shape index (κ1) is 12.7. The van der Waals surface area contributed by atoms with E-state index in [1.165, 1.54) is 51.4 Å². The highest BCUT2D eigenvalue weighted by atomic mass is 16.5. The van der Waals surface area contributed by atoms with Crippen LogP contribution in [0.15, 0.2) is 0 Å². The average Bonchev–Trinajstić information content (AvgIpc) is 2.58. The van der Waals surface area contributed by atoms with E-state index in [4.69, 9.17) is 4.74 Å². The van der Waals surface area contributed by atoms with Gasteiger partial charge in [0, 0.05) is 13.0 Å². The average molecular weight is 250 g/mol. The number of ketones is 1. The lowest BCUT2D eigenvalue weighted by Gasteiger charge is -2.47. The quantitative estimate of drug-likeness (QED) is 0.757. The zero-order valence-corrected chi connectivity index (χ0v) is 11.5. The lowest BCUT2D eigenvalue weighted by atomic mass is 9.60. The van der Waals surface area contributed by atoms with Gasteiger partial charge in [0.1, 0.15) is 5.78 Å². The van der Waals surface area contributed by atoms with E-state index in [1.54, 1.807) is 0 Å². The lowest BCUT2D eigenvalue weighted by Crippen LogP contribution is -2.55. The van der Waals surface area contributed by atoms with E-state index in [0.29, 0.717) is 12.2 Å². The summed E-state index contributed by atoms with van der Waals surface area (Å²) in [6.45, 7) is 0.893. The lowest BCUT2D eigenvalue weighted by molar-refractivity contribution is -0.166. The van der Waals surface area contributed by atoms with Crippen molar-refractivity contribution in [2.24, 2.45) is 11.3 Å². The normalized spacial score (nSPS) is 31.8. The molecule has 0 aromatic rings. The van der Waals surface area contributed by atoms with E-state index in [2.05, 4.69) is 0 Å². The SMILES string of the molecule is O=C1CC(OCCC2CCC2)C12CCCCCC2. The summed E-state index contributed by atoms with van der Waals surface area (Å²) in [4.78, 5) is 12.1. The van der Waals surface area contributed by atoms with Crippen molar-refractivity contribution in [1.82, 2.24) is 0 Å². The third-order valence-electron chi connectivity index (χ3n) is 5.61. The fourth-order valence-corrected chi connectivity index (χ4v) is 3.95. The maximum absolute atomic E-state index is 12.1. The third-order valence-corrected chi connectivity index (χ3v) is 5.61. The highest BCUT2D eigenvalue weighted by molar-refractivity contribution is 5.92. The molecule has 3 saturated carbocycles. The number of rotatable bonds is 4. The Kier molecular flexibility index (Phi) is 3.74. The van der Waals surface area contributed by atoms with Gasteiger partial charge in [0.25, 0.3) is 0 Å². The molecule has 2 heteroatoms. The molecule has 0 amide bonds. The van der Waals surface area contributed by atoms with Crippen LogP contribution in [0.3, 0.4) is 0 Å². The van der Waals surface area contributed by atoms with Crippen LogP contribution in [-0.4, -0.2) is 18.5 Å². The van der Waals surface area contributed by atoms with Crippen molar-refractivity contribution in [2.45, 2.75) is 76.7 Å². The predicted octanol–water partition coefficient (Wildman–Crippen LogP) is 3.88. The van der Waals surface area contributed by atoms with E-state index in [9.17, 15) is 4.79 Å². The first-order chi connectivity index (χ1) is 8.81. The Morgan fingerprint density at radius 3 is 2.33 bits per heavy atom. The highest BCUT2D eigenvalue weighted by Crippen LogP contribution is 2.49. The summed E-state index contributed by atoms with van der Waals surface area (Å²) in [6.07, 6.45) is 13.7. The van der Waals surface area contributed by atoms with Crippen LogP contribution >= 0.6 is 0 Å². The Labute approximate surface area is 110 Å². The van der Waals surface area contributed by atoms with Crippen molar-refractivity contribution < 1.29 is 9.53 Å². The molecule has 0 bridgehead atoms. The summed E-state index contributed by atoms with van der Waals surface area (Å²) < 4.78 is 6.08. The number of hydrogen-bond acceptors (Lipinski definition) is 2. The molecule has 1 unspecified atom stereocenters. The van der Waals surface area contributed by atoms with Crippen molar-refractivity contribution in [3.05, 3.63) is 0 Å². The highest BCUT2D eigenvalue weighted by Gasteiger charge is 2.54. The first-order valence-electron chi connectivity index (χ1n) is 7.96. The number of ether oxygens (including phenoxy) is 1. The largest absolute Gasteiger partial charge is 0.377 e. The Hall–Kier alpha value is -0.370. The summed E-state index contributed by atoms with van der Waals surface area (Å²) in [5, 5.41) is 0. The van der Waals surface area contributed by atoms with Crippen LogP contribution in [0, 0.1) is 11.3 Å². The van der Waals surface area contributed by atoms with Crippen molar-refractivity contribution in [3.63, 3.8) is 0 Å². The van der Waals surface area contributed by atoms with Gasteiger partial charge in [0.2, 0.25) is 0 Å². The van der Waals surface area contributed by atoms with Crippen molar-refractivity contribution >= 4 is 5.78 Å². The molecular formula is C16H26O2. The van der Waals surface area contributed by atoms with Crippen LogP contribution in [-0.2, 0) is 9.53 Å². The Morgan fingerprint density at radius 2 is 1.78 bits per heavy atom. The van der Waals surface area contributed by atoms with E-state index in [1.807, 2.05) is 0 Å². The van der Waals surface area contributed by atoms with E-state index < -0.39 is 0 Å². The van der Waals surface area contributed by atoms with Gasteiger partial charge in [-0.2, -0.15) is 0 Å². The van der Waals surface area contributed by atoms with Gasteiger partial charge in [-0.1, -0.05) is 44.9 Å². The molecule has 0 heterocycles. The number of carbonyl (C=O) groups excluding carboxylic acids is 1. The second kappa shape index (κ2) is 5.32. The van der Waals surface area contributed by atoms with Crippen molar-refractivity contribution in [3.8, 4) is 0 Å². The van der Waals surface area contributed by atoms with Crippen LogP contribution < -0.4 is 0 Å². The van der Waals surface area contributed by atoms with E-state index in [0.717, 1.165) is 25.4 Å². The molecule has 0 aromatic carbocycles. The van der Waals surface area contributed by atoms with Crippen LogP contribution in [0.5, 0.6) is 0 Å². The minimum atomic E-state index is -0.0455. The third kappa shape index (κ3) is 2.24. The van der Waals surface area contributed by atoms with Gasteiger partial charge < -0.3 is 4.74 Å². The zero-order chi connectivity index (χ0) is 12.4. The van der Waals surface area contributed by atoms with Gasteiger partial charge in [0.15, 0.2) is 0 Å². The molecule has 2 nitrogen and oxygen atoms in total. The molecule has 1 atom stereocenters. The minimum Gasteiger partial charge on any atom is -0.377 e. The molecule has 0 radical (unpaired) electrons. The first-order valence-corrected chi connectivity index (χ1v) is 7.96. The topological polar surface area (TPSA) is 26.3 Å². The minimum absolute atomic E-state index is 0.0455. The van der Waals surface area contributed by atoms with Gasteiger partial charge in [-0.15, -0.1) is 0 Å². The molecule has 3 fully saturated rings. The fourth-order valence-electron chi connectivity index (χ4n) is 3.95. The van der Waals surface area contributed by atoms with Crippen LogP contribution in [0.25, 0.3) is 0 Å². The molecule has 0 aliphatic heterocycles. The Balaban J connectivity index is 1.50. The second-order valence-electron chi connectivity index (χ2n) is 6.64.